The fraction of sp³-hybridized carbons (Fsp3) is 0.889. The number of carbonyl (C=O) groups is 1. The maximum absolute atomic E-state index is 11.8. The number of nitrogens with one attached hydrogen (secondary N) is 2. The van der Waals surface area contributed by atoms with Crippen LogP contribution < -0.4 is 10.9 Å². The van der Waals surface area contributed by atoms with Gasteiger partial charge < -0.3 is 0 Å². The summed E-state index contributed by atoms with van der Waals surface area (Å²) in [5, 5.41) is 1.41. The second-order valence-electron chi connectivity index (χ2n) is 3.72. The normalized spacial score (nSPS) is 11.5. The number of nitrogens with zero attached hydrogens (tertiary/aromatic N) is 1. The average Bonchev–Trinajstić information content (AvgIpc) is 2.06. The van der Waals surface area contributed by atoms with Gasteiger partial charge in [-0.05, 0) is 6.42 Å². The van der Waals surface area contributed by atoms with Gasteiger partial charge in [0, 0.05) is 19.5 Å². The molecule has 0 aliphatic carbocycles. The van der Waals surface area contributed by atoms with E-state index in [1.54, 1.807) is 14.1 Å². The molecule has 78 valence electrons. The first kappa shape index (κ1) is 12.4. The summed E-state index contributed by atoms with van der Waals surface area (Å²) in [4.78, 5) is 11.8. The molecular weight excluding hydrogens is 166 g/mol. The molecular formula is C9H21N3O. The molecule has 4 nitrogen and oxygen atoms in total. The van der Waals surface area contributed by atoms with Crippen LogP contribution in [0.25, 0.3) is 0 Å². The minimum atomic E-state index is -0.305. The number of hydrogen-bond acceptors (Lipinski definition) is 3. The molecule has 2 N–H and O–H groups in total. The van der Waals surface area contributed by atoms with Gasteiger partial charge in [0.1, 0.15) is 0 Å². The zero-order valence-corrected chi connectivity index (χ0v) is 9.27. The van der Waals surface area contributed by atoms with Crippen LogP contribution in [-0.4, -0.2) is 25.1 Å². The van der Waals surface area contributed by atoms with Crippen molar-refractivity contribution in [3.8, 4) is 0 Å². The van der Waals surface area contributed by atoms with E-state index in [0.717, 1.165) is 12.8 Å². The maximum atomic E-state index is 11.8. The topological polar surface area (TPSA) is 44.4 Å². The summed E-state index contributed by atoms with van der Waals surface area (Å²) in [7, 11) is 3.44. The lowest BCUT2D eigenvalue weighted by Crippen LogP contribution is -2.53. The minimum absolute atomic E-state index is 0.0688. The summed E-state index contributed by atoms with van der Waals surface area (Å²) >= 11 is 0. The highest BCUT2D eigenvalue weighted by atomic mass is 16.2. The number of rotatable bonds is 5. The predicted molar refractivity (Wildman–Crippen MR) is 53.7 cm³/mol. The molecule has 0 saturated carbocycles. The minimum Gasteiger partial charge on any atom is -0.271 e. The molecule has 0 fully saturated rings. The first-order chi connectivity index (χ1) is 5.99. The molecule has 4 heteroatoms. The van der Waals surface area contributed by atoms with Crippen LogP contribution in [0.15, 0.2) is 0 Å². The largest absolute Gasteiger partial charge is 0.271 e. The second kappa shape index (κ2) is 5.19. The van der Waals surface area contributed by atoms with Crippen molar-refractivity contribution in [3.05, 3.63) is 0 Å². The molecule has 0 aromatic rings. The quantitative estimate of drug-likeness (QED) is 0.629. The highest BCUT2D eigenvalue weighted by Crippen LogP contribution is 2.23. The van der Waals surface area contributed by atoms with Crippen LogP contribution in [0.2, 0.25) is 0 Å². The molecule has 0 saturated heterocycles. The Morgan fingerprint density at radius 3 is 2.08 bits per heavy atom. The third-order valence-electron chi connectivity index (χ3n) is 2.10. The van der Waals surface area contributed by atoms with Crippen molar-refractivity contribution < 1.29 is 4.79 Å². The summed E-state index contributed by atoms with van der Waals surface area (Å²) in [6.45, 7) is 6.00. The van der Waals surface area contributed by atoms with Crippen molar-refractivity contribution in [2.45, 2.75) is 33.6 Å². The predicted octanol–water partition coefficient (Wildman–Crippen LogP) is 0.910. The van der Waals surface area contributed by atoms with Crippen molar-refractivity contribution in [1.82, 2.24) is 16.0 Å². The highest BCUT2D eigenvalue weighted by Gasteiger charge is 2.30. The molecule has 0 atom stereocenters. The van der Waals surface area contributed by atoms with Gasteiger partial charge in [0.2, 0.25) is 0 Å². The molecule has 0 aliphatic heterocycles. The van der Waals surface area contributed by atoms with Gasteiger partial charge in [-0.1, -0.05) is 27.2 Å². The first-order valence-electron chi connectivity index (χ1n) is 4.69. The zero-order chi connectivity index (χ0) is 10.5. The van der Waals surface area contributed by atoms with Crippen LogP contribution in [0.3, 0.4) is 0 Å². The van der Waals surface area contributed by atoms with E-state index in [4.69, 9.17) is 0 Å². The summed E-state index contributed by atoms with van der Waals surface area (Å²) in [5.41, 5.74) is 5.27. The van der Waals surface area contributed by atoms with E-state index >= 15 is 0 Å². The Bertz CT molecular complexity index is 164. The molecule has 0 aromatic carbocycles. The number of carbonyl (C=O) groups excluding carboxylic acids is 1. The van der Waals surface area contributed by atoms with Crippen LogP contribution >= 0.6 is 0 Å². The Morgan fingerprint density at radius 2 is 1.77 bits per heavy atom. The lowest BCUT2D eigenvalue weighted by molar-refractivity contribution is -0.147. The zero-order valence-electron chi connectivity index (χ0n) is 9.27. The Kier molecular flexibility index (Phi) is 4.95. The lowest BCUT2D eigenvalue weighted by atomic mass is 9.87. The third kappa shape index (κ3) is 3.32. The first-order valence-corrected chi connectivity index (χ1v) is 4.69. The summed E-state index contributed by atoms with van der Waals surface area (Å²) < 4.78 is 0. The molecule has 0 heterocycles. The Morgan fingerprint density at radius 1 is 1.31 bits per heavy atom. The summed E-state index contributed by atoms with van der Waals surface area (Å²) in [5.74, 6) is 0.0688. The number of amides is 1. The van der Waals surface area contributed by atoms with Gasteiger partial charge in [-0.3, -0.25) is 4.79 Å². The van der Waals surface area contributed by atoms with Gasteiger partial charge in [0.25, 0.3) is 5.91 Å². The van der Waals surface area contributed by atoms with Crippen molar-refractivity contribution in [1.29, 1.82) is 0 Å². The molecule has 0 unspecified atom stereocenters. The van der Waals surface area contributed by atoms with Gasteiger partial charge >= 0.3 is 0 Å². The van der Waals surface area contributed by atoms with Gasteiger partial charge in [-0.25, -0.2) is 16.0 Å². The van der Waals surface area contributed by atoms with Gasteiger partial charge in [0.05, 0.1) is 0 Å². The number of hydrogen-bond donors (Lipinski definition) is 2. The van der Waals surface area contributed by atoms with E-state index in [1.165, 1.54) is 5.12 Å². The molecule has 0 aromatic heterocycles. The molecule has 0 aliphatic rings. The van der Waals surface area contributed by atoms with Crippen LogP contribution in [0.4, 0.5) is 0 Å². The number of hydrazine groups is 2. The maximum Gasteiger partial charge on any atom is 0.257 e. The molecule has 0 bridgehead atoms. The van der Waals surface area contributed by atoms with E-state index in [0.29, 0.717) is 0 Å². The monoisotopic (exact) mass is 187 g/mol. The fourth-order valence-corrected chi connectivity index (χ4v) is 1.35. The highest BCUT2D eigenvalue weighted by molar-refractivity contribution is 5.81. The fourth-order valence-electron chi connectivity index (χ4n) is 1.35. The SMILES string of the molecule is CCCC(C)(C)C(=O)N(NC)NC. The molecule has 0 rings (SSSR count). The van der Waals surface area contributed by atoms with Crippen LogP contribution in [0.5, 0.6) is 0 Å². The van der Waals surface area contributed by atoms with E-state index < -0.39 is 0 Å². The second-order valence-corrected chi connectivity index (χ2v) is 3.72. The molecule has 0 spiro atoms. The molecule has 1 amide bonds. The standard InChI is InChI=1S/C9H21N3O/c1-6-7-9(2,3)8(13)12(10-4)11-5/h10-11H,6-7H2,1-5H3. The van der Waals surface area contributed by atoms with Gasteiger partial charge in [-0.15, -0.1) is 0 Å². The molecule has 0 radical (unpaired) electrons. The van der Waals surface area contributed by atoms with Gasteiger partial charge in [-0.2, -0.15) is 0 Å². The Labute approximate surface area is 80.6 Å². The van der Waals surface area contributed by atoms with Crippen LogP contribution in [0.1, 0.15) is 33.6 Å². The van der Waals surface area contributed by atoms with Crippen molar-refractivity contribution in [3.63, 3.8) is 0 Å². The molecule has 13 heavy (non-hydrogen) atoms. The smallest absolute Gasteiger partial charge is 0.257 e. The Balaban J connectivity index is 4.36. The van der Waals surface area contributed by atoms with Crippen molar-refractivity contribution >= 4 is 5.91 Å². The van der Waals surface area contributed by atoms with Crippen LogP contribution in [-0.2, 0) is 4.79 Å². The van der Waals surface area contributed by atoms with E-state index in [-0.39, 0.29) is 11.3 Å². The Hall–Kier alpha value is -0.610. The van der Waals surface area contributed by atoms with Crippen LogP contribution in [0, 0.1) is 5.41 Å². The van der Waals surface area contributed by atoms with E-state index in [9.17, 15) is 4.79 Å². The van der Waals surface area contributed by atoms with Crippen molar-refractivity contribution in [2.75, 3.05) is 14.1 Å². The third-order valence-corrected chi connectivity index (χ3v) is 2.10. The van der Waals surface area contributed by atoms with Gasteiger partial charge in [0.15, 0.2) is 0 Å². The summed E-state index contributed by atoms with van der Waals surface area (Å²) in [6, 6.07) is 0. The van der Waals surface area contributed by atoms with Crippen molar-refractivity contribution in [2.24, 2.45) is 5.41 Å². The summed E-state index contributed by atoms with van der Waals surface area (Å²) in [6.07, 6.45) is 1.91. The average molecular weight is 187 g/mol. The lowest BCUT2D eigenvalue weighted by Gasteiger charge is -2.30. The van der Waals surface area contributed by atoms with E-state index in [2.05, 4.69) is 17.8 Å². The van der Waals surface area contributed by atoms with E-state index in [1.807, 2.05) is 13.8 Å².